The number of carbonyl (C=O) groups is 1. The van der Waals surface area contributed by atoms with Crippen LogP contribution in [-0.4, -0.2) is 65.9 Å². The van der Waals surface area contributed by atoms with E-state index in [-0.39, 0.29) is 5.92 Å². The molecule has 1 aromatic heterocycles. The number of amides is 1. The highest BCUT2D eigenvalue weighted by Crippen LogP contribution is 2.24. The summed E-state index contributed by atoms with van der Waals surface area (Å²) in [5, 5.41) is 0. The average Bonchev–Trinajstić information content (AvgIpc) is 2.74. The molecule has 2 heterocycles. The molecule has 0 atom stereocenters. The van der Waals surface area contributed by atoms with Gasteiger partial charge in [-0.2, -0.15) is 0 Å². The van der Waals surface area contributed by atoms with Crippen molar-refractivity contribution >= 4 is 11.9 Å². The Labute approximate surface area is 174 Å². The van der Waals surface area contributed by atoms with Crippen molar-refractivity contribution in [3.05, 3.63) is 42.2 Å². The number of hydrogen-bond acceptors (Lipinski definition) is 5. The van der Waals surface area contributed by atoms with Crippen LogP contribution >= 0.6 is 0 Å². The highest BCUT2D eigenvalue weighted by atomic mass is 16.2. The molecule has 0 unspecified atom stereocenters. The number of benzene rings is 1. The summed E-state index contributed by atoms with van der Waals surface area (Å²) < 4.78 is 0. The fourth-order valence-electron chi connectivity index (χ4n) is 3.97. The van der Waals surface area contributed by atoms with Crippen LogP contribution in [0.2, 0.25) is 0 Å². The van der Waals surface area contributed by atoms with E-state index in [4.69, 9.17) is 0 Å². The summed E-state index contributed by atoms with van der Waals surface area (Å²) >= 11 is 0. The first-order chi connectivity index (χ1) is 14.0. The Morgan fingerprint density at radius 2 is 1.72 bits per heavy atom. The molecule has 2 aromatic rings. The van der Waals surface area contributed by atoms with Crippen LogP contribution in [0.4, 0.5) is 5.95 Å². The van der Waals surface area contributed by atoms with Gasteiger partial charge in [0.1, 0.15) is 0 Å². The average molecular weight is 396 g/mol. The minimum Gasteiger partial charge on any atom is -0.343 e. The lowest BCUT2D eigenvalue weighted by Crippen LogP contribution is -2.43. The summed E-state index contributed by atoms with van der Waals surface area (Å²) in [5.74, 6) is 1.18. The fourth-order valence-corrected chi connectivity index (χ4v) is 3.97. The van der Waals surface area contributed by atoms with Crippen LogP contribution in [0.25, 0.3) is 11.1 Å². The Morgan fingerprint density at radius 3 is 2.31 bits per heavy atom. The molecule has 29 heavy (non-hydrogen) atoms. The summed E-state index contributed by atoms with van der Waals surface area (Å²) in [6, 6.07) is 8.52. The van der Waals surface area contributed by atoms with E-state index >= 15 is 0 Å². The van der Waals surface area contributed by atoms with Crippen molar-refractivity contribution in [3.63, 3.8) is 0 Å². The third-order valence-corrected chi connectivity index (χ3v) is 5.60. The molecule has 1 saturated heterocycles. The van der Waals surface area contributed by atoms with Gasteiger partial charge in [-0.25, -0.2) is 9.97 Å². The number of hydrogen-bond donors (Lipinski definition) is 0. The minimum atomic E-state index is 0.129. The molecule has 156 valence electrons. The van der Waals surface area contributed by atoms with E-state index in [1.807, 2.05) is 31.1 Å². The maximum Gasteiger partial charge on any atom is 0.225 e. The molecule has 0 bridgehead atoms. The number of nitrogens with zero attached hydrogens (tertiary/aromatic N) is 5. The van der Waals surface area contributed by atoms with Crippen LogP contribution in [0, 0.1) is 5.92 Å². The quantitative estimate of drug-likeness (QED) is 0.720. The molecule has 0 spiro atoms. The van der Waals surface area contributed by atoms with Gasteiger partial charge in [-0.05, 0) is 58.0 Å². The molecule has 1 aromatic carbocycles. The molecule has 1 fully saturated rings. The lowest BCUT2D eigenvalue weighted by atomic mass is 9.95. The van der Waals surface area contributed by atoms with Crippen LogP contribution in [0.1, 0.15) is 32.3 Å². The Balaban J connectivity index is 1.62. The summed E-state index contributed by atoms with van der Waals surface area (Å²) in [4.78, 5) is 28.1. The van der Waals surface area contributed by atoms with Gasteiger partial charge in [0.15, 0.2) is 0 Å². The van der Waals surface area contributed by atoms with E-state index in [0.717, 1.165) is 62.6 Å². The zero-order valence-electron chi connectivity index (χ0n) is 18.1. The minimum absolute atomic E-state index is 0.129. The van der Waals surface area contributed by atoms with Gasteiger partial charge in [-0.15, -0.1) is 0 Å². The van der Waals surface area contributed by atoms with Crippen molar-refractivity contribution in [3.8, 4) is 11.1 Å². The van der Waals surface area contributed by atoms with E-state index < -0.39 is 0 Å². The largest absolute Gasteiger partial charge is 0.343 e. The normalized spacial score (nSPS) is 15.0. The zero-order chi connectivity index (χ0) is 20.8. The Morgan fingerprint density at radius 1 is 1.07 bits per heavy atom. The van der Waals surface area contributed by atoms with E-state index in [1.165, 1.54) is 5.56 Å². The monoisotopic (exact) mass is 395 g/mol. The highest BCUT2D eigenvalue weighted by molar-refractivity contribution is 5.79. The van der Waals surface area contributed by atoms with Crippen molar-refractivity contribution < 1.29 is 4.79 Å². The Hall–Kier alpha value is -2.47. The maximum absolute atomic E-state index is 12.6. The molecule has 0 aliphatic carbocycles. The van der Waals surface area contributed by atoms with Gasteiger partial charge in [-0.1, -0.05) is 18.2 Å². The van der Waals surface area contributed by atoms with E-state index in [2.05, 4.69) is 58.1 Å². The van der Waals surface area contributed by atoms with Crippen LogP contribution in [0.15, 0.2) is 36.7 Å². The Bertz CT molecular complexity index is 793. The second-order valence-corrected chi connectivity index (χ2v) is 7.98. The van der Waals surface area contributed by atoms with E-state index in [1.54, 1.807) is 0 Å². The number of piperidine rings is 1. The van der Waals surface area contributed by atoms with Crippen molar-refractivity contribution in [2.24, 2.45) is 5.92 Å². The third kappa shape index (κ3) is 5.32. The van der Waals surface area contributed by atoms with E-state index in [9.17, 15) is 4.79 Å². The molecule has 6 heteroatoms. The summed E-state index contributed by atoms with van der Waals surface area (Å²) in [6.07, 6.45) is 5.55. The van der Waals surface area contributed by atoms with Gasteiger partial charge in [0.2, 0.25) is 11.9 Å². The second-order valence-electron chi connectivity index (χ2n) is 7.98. The van der Waals surface area contributed by atoms with Crippen molar-refractivity contribution in [1.82, 2.24) is 19.8 Å². The van der Waals surface area contributed by atoms with Crippen molar-refractivity contribution in [1.29, 1.82) is 0 Å². The summed E-state index contributed by atoms with van der Waals surface area (Å²) in [6.45, 7) is 8.23. The number of rotatable bonds is 7. The first kappa shape index (κ1) is 21.2. The SMILES string of the molecule is CCN(CC)C(=O)C1CCN(c2ncc(-c3cccc(CN(C)C)c3)cn2)CC1. The van der Waals surface area contributed by atoms with Crippen LogP contribution in [-0.2, 0) is 11.3 Å². The zero-order valence-corrected chi connectivity index (χ0v) is 18.1. The first-order valence-electron chi connectivity index (χ1n) is 10.6. The standard InChI is InChI=1S/C23H33N5O/c1-5-27(6-2)22(29)19-10-12-28(13-11-19)23-24-15-21(16-25-23)20-9-7-8-18(14-20)17-26(3)4/h7-9,14-16,19H,5-6,10-13,17H2,1-4H3. The van der Waals surface area contributed by atoms with Crippen LogP contribution in [0.5, 0.6) is 0 Å². The van der Waals surface area contributed by atoms with Gasteiger partial charge in [0.25, 0.3) is 0 Å². The first-order valence-corrected chi connectivity index (χ1v) is 10.6. The van der Waals surface area contributed by atoms with Crippen molar-refractivity contribution in [2.45, 2.75) is 33.2 Å². The molecule has 1 aliphatic rings. The molecule has 6 nitrogen and oxygen atoms in total. The number of anilines is 1. The van der Waals surface area contributed by atoms with Gasteiger partial charge in [0, 0.05) is 56.6 Å². The third-order valence-electron chi connectivity index (χ3n) is 5.60. The van der Waals surface area contributed by atoms with E-state index in [0.29, 0.717) is 5.91 Å². The summed E-state index contributed by atoms with van der Waals surface area (Å²) in [7, 11) is 4.15. The topological polar surface area (TPSA) is 52.6 Å². The molecule has 1 aliphatic heterocycles. The highest BCUT2D eigenvalue weighted by Gasteiger charge is 2.28. The van der Waals surface area contributed by atoms with Gasteiger partial charge in [-0.3, -0.25) is 4.79 Å². The lowest BCUT2D eigenvalue weighted by molar-refractivity contribution is -0.135. The van der Waals surface area contributed by atoms with Gasteiger partial charge < -0.3 is 14.7 Å². The Kier molecular flexibility index (Phi) is 7.20. The second kappa shape index (κ2) is 9.83. The molecular weight excluding hydrogens is 362 g/mol. The molecule has 3 rings (SSSR count). The maximum atomic E-state index is 12.6. The molecule has 0 radical (unpaired) electrons. The van der Waals surface area contributed by atoms with Crippen molar-refractivity contribution in [2.75, 3.05) is 45.2 Å². The smallest absolute Gasteiger partial charge is 0.225 e. The molecule has 0 N–H and O–H groups in total. The van der Waals surface area contributed by atoms with Crippen LogP contribution < -0.4 is 4.90 Å². The number of carbonyl (C=O) groups excluding carboxylic acids is 1. The van der Waals surface area contributed by atoms with Gasteiger partial charge >= 0.3 is 0 Å². The molecule has 1 amide bonds. The lowest BCUT2D eigenvalue weighted by Gasteiger charge is -2.33. The molecule has 0 saturated carbocycles. The number of aromatic nitrogens is 2. The summed E-state index contributed by atoms with van der Waals surface area (Å²) in [5.41, 5.74) is 3.44. The predicted molar refractivity (Wildman–Crippen MR) is 118 cm³/mol. The van der Waals surface area contributed by atoms with Crippen LogP contribution in [0.3, 0.4) is 0 Å². The van der Waals surface area contributed by atoms with Gasteiger partial charge in [0.05, 0.1) is 0 Å². The molecular formula is C23H33N5O. The fraction of sp³-hybridized carbons (Fsp3) is 0.522. The predicted octanol–water partition coefficient (Wildman–Crippen LogP) is 3.29.